The van der Waals surface area contributed by atoms with E-state index in [-0.39, 0.29) is 5.91 Å². The van der Waals surface area contributed by atoms with E-state index in [1.165, 1.54) is 12.8 Å². The van der Waals surface area contributed by atoms with E-state index in [1.807, 2.05) is 30.3 Å². The van der Waals surface area contributed by atoms with E-state index < -0.39 is 5.54 Å². The third-order valence-corrected chi connectivity index (χ3v) is 4.75. The van der Waals surface area contributed by atoms with Gasteiger partial charge < -0.3 is 15.2 Å². The lowest BCUT2D eigenvalue weighted by Crippen LogP contribution is -2.46. The van der Waals surface area contributed by atoms with Gasteiger partial charge in [-0.25, -0.2) is 0 Å². The van der Waals surface area contributed by atoms with Gasteiger partial charge in [-0.3, -0.25) is 4.79 Å². The first-order chi connectivity index (χ1) is 12.2. The lowest BCUT2D eigenvalue weighted by atomic mass is 9.89. The minimum atomic E-state index is -0.488. The number of carbonyl (C=O) groups excluding carboxylic acids is 1. The van der Waals surface area contributed by atoms with Gasteiger partial charge in [-0.2, -0.15) is 4.98 Å². The molecule has 1 aromatic heterocycles. The molecule has 1 aliphatic carbocycles. The first-order valence-corrected chi connectivity index (χ1v) is 9.09. The first-order valence-electron chi connectivity index (χ1n) is 9.09. The monoisotopic (exact) mass is 342 g/mol. The zero-order valence-electron chi connectivity index (χ0n) is 14.8. The fraction of sp³-hybridized carbons (Fsp3) is 0.526. The van der Waals surface area contributed by atoms with E-state index >= 15 is 0 Å². The van der Waals surface area contributed by atoms with Crippen LogP contribution >= 0.6 is 0 Å². The van der Waals surface area contributed by atoms with Crippen molar-refractivity contribution in [2.45, 2.75) is 57.4 Å². The van der Waals surface area contributed by atoms with Gasteiger partial charge in [-0.1, -0.05) is 49.0 Å². The fourth-order valence-electron chi connectivity index (χ4n) is 3.44. The molecule has 3 rings (SSSR count). The molecule has 0 spiro atoms. The van der Waals surface area contributed by atoms with Crippen molar-refractivity contribution in [2.24, 2.45) is 0 Å². The van der Waals surface area contributed by atoms with Crippen molar-refractivity contribution in [3.63, 3.8) is 0 Å². The molecule has 6 nitrogen and oxygen atoms in total. The second-order valence-corrected chi connectivity index (χ2v) is 6.72. The molecule has 2 N–H and O–H groups in total. The molecular formula is C19H26N4O2. The van der Waals surface area contributed by atoms with Gasteiger partial charge in [-0.05, 0) is 25.0 Å². The smallest absolute Gasteiger partial charge is 0.223 e. The minimum Gasteiger partial charge on any atom is -0.385 e. The van der Waals surface area contributed by atoms with E-state index in [0.29, 0.717) is 24.7 Å². The van der Waals surface area contributed by atoms with Crippen LogP contribution in [0.25, 0.3) is 0 Å². The highest BCUT2D eigenvalue weighted by molar-refractivity contribution is 5.77. The number of amides is 1. The summed E-state index contributed by atoms with van der Waals surface area (Å²) in [7, 11) is 0. The van der Waals surface area contributed by atoms with Crippen LogP contribution < -0.4 is 10.6 Å². The summed E-state index contributed by atoms with van der Waals surface area (Å²) in [6, 6.07) is 9.91. The molecule has 1 fully saturated rings. The van der Waals surface area contributed by atoms with Crippen molar-refractivity contribution in [2.75, 3.05) is 11.9 Å². The van der Waals surface area contributed by atoms with Gasteiger partial charge >= 0.3 is 0 Å². The maximum Gasteiger partial charge on any atom is 0.223 e. The summed E-state index contributed by atoms with van der Waals surface area (Å²) in [5.74, 6) is 1.18. The second kappa shape index (κ2) is 8.14. The number of rotatable bonds is 6. The molecule has 0 unspecified atom stereocenters. The van der Waals surface area contributed by atoms with E-state index in [2.05, 4.69) is 20.8 Å². The summed E-state index contributed by atoms with van der Waals surface area (Å²) in [5.41, 5.74) is 0.534. The highest BCUT2D eigenvalue weighted by Crippen LogP contribution is 2.34. The number of anilines is 1. The molecule has 134 valence electrons. The highest BCUT2D eigenvalue weighted by Gasteiger charge is 2.38. The zero-order valence-corrected chi connectivity index (χ0v) is 14.8. The Labute approximate surface area is 148 Å². The molecule has 0 saturated heterocycles. The number of aromatic nitrogens is 2. The van der Waals surface area contributed by atoms with Gasteiger partial charge in [0, 0.05) is 25.6 Å². The minimum absolute atomic E-state index is 0.0211. The van der Waals surface area contributed by atoms with Gasteiger partial charge in [0.2, 0.25) is 11.8 Å². The maximum absolute atomic E-state index is 12.6. The predicted molar refractivity (Wildman–Crippen MR) is 96.1 cm³/mol. The van der Waals surface area contributed by atoms with E-state index in [9.17, 15) is 4.79 Å². The Hall–Kier alpha value is -2.37. The number of benzene rings is 1. The van der Waals surface area contributed by atoms with Crippen LogP contribution in [-0.4, -0.2) is 22.6 Å². The summed E-state index contributed by atoms with van der Waals surface area (Å²) < 4.78 is 5.18. The summed E-state index contributed by atoms with van der Waals surface area (Å²) in [6.07, 6.45) is 6.64. The van der Waals surface area contributed by atoms with Crippen LogP contribution in [0.4, 0.5) is 5.69 Å². The highest BCUT2D eigenvalue weighted by atomic mass is 16.5. The molecular weight excluding hydrogens is 316 g/mol. The van der Waals surface area contributed by atoms with Gasteiger partial charge in [0.05, 0.1) is 0 Å². The normalized spacial score (nSPS) is 16.8. The number of carbonyl (C=O) groups is 1. The van der Waals surface area contributed by atoms with Crippen LogP contribution in [0.1, 0.15) is 56.7 Å². The number of hydrogen-bond donors (Lipinski definition) is 2. The zero-order chi connectivity index (χ0) is 17.5. The van der Waals surface area contributed by atoms with Crippen molar-refractivity contribution in [3.8, 4) is 0 Å². The lowest BCUT2D eigenvalue weighted by molar-refractivity contribution is -0.123. The quantitative estimate of drug-likeness (QED) is 0.785. The molecule has 0 bridgehead atoms. The SMILES string of the molecule is Cc1nc(C2(NC(=O)CCNc3ccccc3)CCCCCC2)no1. The maximum atomic E-state index is 12.6. The average molecular weight is 342 g/mol. The van der Waals surface area contributed by atoms with Crippen molar-refractivity contribution < 1.29 is 9.32 Å². The Morgan fingerprint density at radius 3 is 2.52 bits per heavy atom. The third kappa shape index (κ3) is 4.59. The Morgan fingerprint density at radius 1 is 1.16 bits per heavy atom. The number of hydrogen-bond acceptors (Lipinski definition) is 5. The molecule has 1 heterocycles. The molecule has 6 heteroatoms. The van der Waals surface area contributed by atoms with Gasteiger partial charge in [0.15, 0.2) is 5.82 Å². The number of nitrogens with zero attached hydrogens (tertiary/aromatic N) is 2. The summed E-state index contributed by atoms with van der Waals surface area (Å²) in [6.45, 7) is 2.38. The third-order valence-electron chi connectivity index (χ3n) is 4.75. The summed E-state index contributed by atoms with van der Waals surface area (Å²) in [4.78, 5) is 17.0. The number of aryl methyl sites for hydroxylation is 1. The topological polar surface area (TPSA) is 80.0 Å². The van der Waals surface area contributed by atoms with Crippen molar-refractivity contribution in [3.05, 3.63) is 42.0 Å². The van der Waals surface area contributed by atoms with Crippen molar-refractivity contribution in [1.82, 2.24) is 15.5 Å². The van der Waals surface area contributed by atoms with Gasteiger partial charge in [0.1, 0.15) is 5.54 Å². The van der Waals surface area contributed by atoms with Crippen molar-refractivity contribution in [1.29, 1.82) is 0 Å². The molecule has 1 aliphatic rings. The van der Waals surface area contributed by atoms with Crippen LogP contribution in [0.3, 0.4) is 0 Å². The largest absolute Gasteiger partial charge is 0.385 e. The number of nitrogens with one attached hydrogen (secondary N) is 2. The van der Waals surface area contributed by atoms with Crippen LogP contribution in [0.15, 0.2) is 34.9 Å². The van der Waals surface area contributed by atoms with Crippen LogP contribution in [0.5, 0.6) is 0 Å². The average Bonchev–Trinajstić information content (AvgIpc) is 2.92. The van der Waals surface area contributed by atoms with E-state index in [0.717, 1.165) is 31.4 Å². The van der Waals surface area contributed by atoms with Crippen molar-refractivity contribution >= 4 is 11.6 Å². The van der Waals surface area contributed by atoms with Crippen LogP contribution in [-0.2, 0) is 10.3 Å². The first kappa shape index (κ1) is 17.5. The molecule has 1 saturated carbocycles. The molecule has 1 aromatic carbocycles. The predicted octanol–water partition coefficient (Wildman–Crippen LogP) is 3.55. The van der Waals surface area contributed by atoms with Crippen LogP contribution in [0, 0.1) is 6.92 Å². The fourth-order valence-corrected chi connectivity index (χ4v) is 3.44. The Kier molecular flexibility index (Phi) is 5.68. The Morgan fingerprint density at radius 2 is 1.88 bits per heavy atom. The Bertz CT molecular complexity index is 676. The molecule has 0 atom stereocenters. The standard InChI is InChI=1S/C19H26N4O2/c1-15-21-18(23-25-15)19(12-7-2-3-8-13-19)22-17(24)11-14-20-16-9-5-4-6-10-16/h4-6,9-10,20H,2-3,7-8,11-14H2,1H3,(H,22,24). The van der Waals surface area contributed by atoms with Gasteiger partial charge in [-0.15, -0.1) is 0 Å². The molecule has 0 aliphatic heterocycles. The number of para-hydroxylation sites is 1. The molecule has 2 aromatic rings. The summed E-state index contributed by atoms with van der Waals surface area (Å²) in [5, 5.41) is 10.6. The molecule has 1 amide bonds. The molecule has 0 radical (unpaired) electrons. The van der Waals surface area contributed by atoms with Crippen LogP contribution in [0.2, 0.25) is 0 Å². The van der Waals surface area contributed by atoms with Gasteiger partial charge in [0.25, 0.3) is 0 Å². The Balaban J connectivity index is 1.62. The second-order valence-electron chi connectivity index (χ2n) is 6.72. The summed E-state index contributed by atoms with van der Waals surface area (Å²) >= 11 is 0. The van der Waals surface area contributed by atoms with E-state index in [4.69, 9.17) is 4.52 Å². The van der Waals surface area contributed by atoms with E-state index in [1.54, 1.807) is 6.92 Å². The molecule has 25 heavy (non-hydrogen) atoms. The lowest BCUT2D eigenvalue weighted by Gasteiger charge is -2.30.